The summed E-state index contributed by atoms with van der Waals surface area (Å²) in [5, 5.41) is 20.6. The van der Waals surface area contributed by atoms with Crippen molar-refractivity contribution in [1.82, 2.24) is 4.90 Å². The molecule has 0 bridgehead atoms. The first kappa shape index (κ1) is 14.0. The minimum absolute atomic E-state index is 0.0925. The number of likely N-dealkylation sites (tertiary alicyclic amines) is 1. The number of non-ortho nitro benzene ring substituents is 1. The normalized spacial score (nSPS) is 22.2. The molecule has 0 radical (unpaired) electrons. The van der Waals surface area contributed by atoms with Gasteiger partial charge in [-0.2, -0.15) is 0 Å². The Labute approximate surface area is 113 Å². The van der Waals surface area contributed by atoms with Gasteiger partial charge in [0.1, 0.15) is 0 Å². The van der Waals surface area contributed by atoms with Gasteiger partial charge >= 0.3 is 0 Å². The quantitative estimate of drug-likeness (QED) is 0.672. The van der Waals surface area contributed by atoms with Crippen LogP contribution in [0.4, 0.5) is 5.69 Å². The van der Waals surface area contributed by atoms with E-state index in [0.717, 1.165) is 30.5 Å². The fourth-order valence-electron chi connectivity index (χ4n) is 2.72. The average Bonchev–Trinajstić information content (AvgIpc) is 2.38. The lowest BCUT2D eigenvalue weighted by atomic mass is 9.98. The number of aryl methyl sites for hydroxylation is 1. The maximum Gasteiger partial charge on any atom is 0.269 e. The molecule has 0 aromatic heterocycles. The maximum absolute atomic E-state index is 10.9. The van der Waals surface area contributed by atoms with Crippen LogP contribution in [0.2, 0.25) is 0 Å². The number of aliphatic hydroxyl groups is 1. The van der Waals surface area contributed by atoms with Crippen molar-refractivity contribution in [2.45, 2.75) is 38.8 Å². The van der Waals surface area contributed by atoms with Crippen LogP contribution in [0.1, 0.15) is 36.9 Å². The Bertz CT molecular complexity index is 476. The van der Waals surface area contributed by atoms with Crippen LogP contribution < -0.4 is 0 Å². The summed E-state index contributed by atoms with van der Waals surface area (Å²) in [4.78, 5) is 12.7. The topological polar surface area (TPSA) is 66.6 Å². The first-order chi connectivity index (χ1) is 8.99. The summed E-state index contributed by atoms with van der Waals surface area (Å²) in [5.74, 6) is 0. The van der Waals surface area contributed by atoms with Gasteiger partial charge in [-0.05, 0) is 44.4 Å². The molecule has 1 aliphatic rings. The molecule has 1 aliphatic heterocycles. The SMILES string of the molecule is Cc1ccc([N+](=O)[O-])cc1C(C)N1CCCC(O)C1. The van der Waals surface area contributed by atoms with Gasteiger partial charge in [0.05, 0.1) is 11.0 Å². The summed E-state index contributed by atoms with van der Waals surface area (Å²) in [7, 11) is 0. The van der Waals surface area contributed by atoms with E-state index in [1.54, 1.807) is 12.1 Å². The Morgan fingerprint density at radius 3 is 2.89 bits per heavy atom. The van der Waals surface area contributed by atoms with Crippen molar-refractivity contribution < 1.29 is 10.0 Å². The number of hydrogen-bond donors (Lipinski definition) is 1. The van der Waals surface area contributed by atoms with Crippen LogP contribution in [0.3, 0.4) is 0 Å². The molecular weight excluding hydrogens is 244 g/mol. The van der Waals surface area contributed by atoms with E-state index in [2.05, 4.69) is 4.90 Å². The van der Waals surface area contributed by atoms with E-state index in [-0.39, 0.29) is 22.8 Å². The number of nitro groups is 1. The number of nitro benzene ring substituents is 1. The molecule has 104 valence electrons. The van der Waals surface area contributed by atoms with Crippen molar-refractivity contribution in [2.24, 2.45) is 0 Å². The van der Waals surface area contributed by atoms with Crippen LogP contribution >= 0.6 is 0 Å². The second-order valence-corrected chi connectivity index (χ2v) is 5.26. The molecule has 1 aromatic rings. The maximum atomic E-state index is 10.9. The van der Waals surface area contributed by atoms with Crippen LogP contribution in [-0.4, -0.2) is 34.1 Å². The summed E-state index contributed by atoms with van der Waals surface area (Å²) in [6, 6.07) is 5.08. The lowest BCUT2D eigenvalue weighted by molar-refractivity contribution is -0.385. The van der Waals surface area contributed by atoms with Gasteiger partial charge in [-0.3, -0.25) is 15.0 Å². The highest BCUT2D eigenvalue weighted by atomic mass is 16.6. The molecule has 1 saturated heterocycles. The molecule has 0 aliphatic carbocycles. The van der Waals surface area contributed by atoms with Gasteiger partial charge in [0.15, 0.2) is 0 Å². The van der Waals surface area contributed by atoms with Gasteiger partial charge in [0.25, 0.3) is 5.69 Å². The molecular formula is C14H20N2O3. The Kier molecular flexibility index (Phi) is 4.17. The number of aliphatic hydroxyl groups excluding tert-OH is 1. The molecule has 5 heteroatoms. The summed E-state index contributed by atoms with van der Waals surface area (Å²) in [5.41, 5.74) is 2.16. The number of piperidine rings is 1. The van der Waals surface area contributed by atoms with Crippen molar-refractivity contribution >= 4 is 5.69 Å². The average molecular weight is 264 g/mol. The fraction of sp³-hybridized carbons (Fsp3) is 0.571. The van der Waals surface area contributed by atoms with Crippen LogP contribution in [0.15, 0.2) is 18.2 Å². The second kappa shape index (κ2) is 5.67. The minimum atomic E-state index is -0.360. The van der Waals surface area contributed by atoms with Gasteiger partial charge in [-0.1, -0.05) is 6.07 Å². The molecule has 2 unspecified atom stereocenters. The first-order valence-electron chi connectivity index (χ1n) is 6.66. The van der Waals surface area contributed by atoms with E-state index in [0.29, 0.717) is 6.54 Å². The van der Waals surface area contributed by atoms with Crippen LogP contribution in [-0.2, 0) is 0 Å². The molecule has 0 spiro atoms. The van der Waals surface area contributed by atoms with E-state index >= 15 is 0 Å². The van der Waals surface area contributed by atoms with Gasteiger partial charge in [-0.25, -0.2) is 0 Å². The Morgan fingerprint density at radius 1 is 1.53 bits per heavy atom. The van der Waals surface area contributed by atoms with Crippen molar-refractivity contribution in [3.8, 4) is 0 Å². The molecule has 5 nitrogen and oxygen atoms in total. The number of β-amino-alcohol motifs (C(OH)–C–C–N with tert-alkyl or cyclic N) is 1. The molecule has 1 fully saturated rings. The summed E-state index contributed by atoms with van der Waals surface area (Å²) < 4.78 is 0. The zero-order valence-corrected chi connectivity index (χ0v) is 11.4. The fourth-order valence-corrected chi connectivity index (χ4v) is 2.72. The zero-order valence-electron chi connectivity index (χ0n) is 11.4. The van der Waals surface area contributed by atoms with E-state index < -0.39 is 0 Å². The van der Waals surface area contributed by atoms with E-state index in [9.17, 15) is 15.2 Å². The van der Waals surface area contributed by atoms with Gasteiger partial charge in [0, 0.05) is 24.7 Å². The highest BCUT2D eigenvalue weighted by molar-refractivity contribution is 5.40. The third-order valence-electron chi connectivity index (χ3n) is 3.90. The smallest absolute Gasteiger partial charge is 0.269 e. The van der Waals surface area contributed by atoms with E-state index in [1.807, 2.05) is 13.8 Å². The molecule has 1 aromatic carbocycles. The second-order valence-electron chi connectivity index (χ2n) is 5.26. The van der Waals surface area contributed by atoms with E-state index in [4.69, 9.17) is 0 Å². The zero-order chi connectivity index (χ0) is 14.0. The highest BCUT2D eigenvalue weighted by Gasteiger charge is 2.24. The molecule has 2 atom stereocenters. The lowest BCUT2D eigenvalue weighted by Gasteiger charge is -2.35. The summed E-state index contributed by atoms with van der Waals surface area (Å²) >= 11 is 0. The van der Waals surface area contributed by atoms with Gasteiger partial charge < -0.3 is 5.11 Å². The standard InChI is InChI=1S/C14H20N2O3/c1-10-5-6-12(16(18)19)8-14(10)11(2)15-7-3-4-13(17)9-15/h5-6,8,11,13,17H,3-4,7,9H2,1-2H3. The predicted molar refractivity (Wildman–Crippen MR) is 73.1 cm³/mol. The minimum Gasteiger partial charge on any atom is -0.392 e. The third kappa shape index (κ3) is 3.11. The molecule has 1 heterocycles. The number of rotatable bonds is 3. The highest BCUT2D eigenvalue weighted by Crippen LogP contribution is 2.29. The Morgan fingerprint density at radius 2 is 2.26 bits per heavy atom. The monoisotopic (exact) mass is 264 g/mol. The van der Waals surface area contributed by atoms with Crippen molar-refractivity contribution in [3.63, 3.8) is 0 Å². The number of nitrogens with zero attached hydrogens (tertiary/aromatic N) is 2. The number of hydrogen-bond acceptors (Lipinski definition) is 4. The molecule has 19 heavy (non-hydrogen) atoms. The Balaban J connectivity index is 2.24. The summed E-state index contributed by atoms with van der Waals surface area (Å²) in [6.45, 7) is 5.59. The van der Waals surface area contributed by atoms with Crippen LogP contribution in [0.25, 0.3) is 0 Å². The Hall–Kier alpha value is -1.46. The molecule has 0 amide bonds. The number of benzene rings is 1. The van der Waals surface area contributed by atoms with Crippen molar-refractivity contribution in [3.05, 3.63) is 39.4 Å². The van der Waals surface area contributed by atoms with Gasteiger partial charge in [0.2, 0.25) is 0 Å². The van der Waals surface area contributed by atoms with Crippen LogP contribution in [0.5, 0.6) is 0 Å². The van der Waals surface area contributed by atoms with Crippen molar-refractivity contribution in [2.75, 3.05) is 13.1 Å². The van der Waals surface area contributed by atoms with Crippen molar-refractivity contribution in [1.29, 1.82) is 0 Å². The predicted octanol–water partition coefficient (Wildman–Crippen LogP) is 2.42. The molecule has 2 rings (SSSR count). The lowest BCUT2D eigenvalue weighted by Crippen LogP contribution is -2.39. The largest absolute Gasteiger partial charge is 0.392 e. The van der Waals surface area contributed by atoms with Gasteiger partial charge in [-0.15, -0.1) is 0 Å². The molecule has 0 saturated carbocycles. The van der Waals surface area contributed by atoms with E-state index in [1.165, 1.54) is 6.07 Å². The molecule has 1 N–H and O–H groups in total. The van der Waals surface area contributed by atoms with Crippen LogP contribution in [0, 0.1) is 17.0 Å². The summed E-state index contributed by atoms with van der Waals surface area (Å²) in [6.07, 6.45) is 1.53. The first-order valence-corrected chi connectivity index (χ1v) is 6.66. The third-order valence-corrected chi connectivity index (χ3v) is 3.90.